The second-order valence-electron chi connectivity index (χ2n) is 7.92. The van der Waals surface area contributed by atoms with Crippen molar-refractivity contribution in [2.45, 2.75) is 27.1 Å². The lowest BCUT2D eigenvalue weighted by Crippen LogP contribution is -2.12. The Morgan fingerprint density at radius 3 is 2.72 bits per heavy atom. The molecule has 2 heterocycles. The van der Waals surface area contributed by atoms with Crippen LogP contribution < -0.4 is 14.2 Å². The van der Waals surface area contributed by atoms with Gasteiger partial charge in [-0.2, -0.15) is 0 Å². The summed E-state index contributed by atoms with van der Waals surface area (Å²) in [6.45, 7) is 5.03. The van der Waals surface area contributed by atoms with E-state index in [0.29, 0.717) is 36.0 Å². The monoisotopic (exact) mass is 492 g/mol. The molecule has 3 aromatic rings. The van der Waals surface area contributed by atoms with Crippen molar-refractivity contribution in [1.29, 1.82) is 0 Å². The van der Waals surface area contributed by atoms with E-state index in [2.05, 4.69) is 35.0 Å². The normalized spacial score (nSPS) is 15.7. The van der Waals surface area contributed by atoms with Gasteiger partial charge in [0.2, 0.25) is 5.78 Å². The zero-order valence-electron chi connectivity index (χ0n) is 17.7. The van der Waals surface area contributed by atoms with E-state index in [0.717, 1.165) is 26.7 Å². The van der Waals surface area contributed by atoms with Crippen molar-refractivity contribution in [1.82, 2.24) is 0 Å². The van der Waals surface area contributed by atoms with Crippen molar-refractivity contribution in [2.75, 3.05) is 6.79 Å². The maximum atomic E-state index is 13.1. The average Bonchev–Trinajstić information content (AvgIpc) is 3.08. The SMILES string of the molecule is Cc1ccc(COc2cc(C)c3c(c2)O/C(=C\c2cc(Br)cc4c2OCOC4)C3=O)cc1. The molecule has 0 atom stereocenters. The number of ether oxygens (including phenoxy) is 4. The van der Waals surface area contributed by atoms with Gasteiger partial charge in [0, 0.05) is 21.7 Å². The van der Waals surface area contributed by atoms with E-state index in [1.165, 1.54) is 5.56 Å². The van der Waals surface area contributed by atoms with Gasteiger partial charge in [0.1, 0.15) is 23.9 Å². The van der Waals surface area contributed by atoms with Gasteiger partial charge in [0.05, 0.1) is 12.2 Å². The van der Waals surface area contributed by atoms with Gasteiger partial charge in [-0.1, -0.05) is 45.8 Å². The zero-order chi connectivity index (χ0) is 22.2. The summed E-state index contributed by atoms with van der Waals surface area (Å²) >= 11 is 3.51. The molecule has 2 aliphatic heterocycles. The minimum atomic E-state index is -0.150. The molecule has 0 amide bonds. The minimum Gasteiger partial charge on any atom is -0.489 e. The molecule has 32 heavy (non-hydrogen) atoms. The van der Waals surface area contributed by atoms with Gasteiger partial charge in [-0.15, -0.1) is 0 Å². The number of hydrogen-bond donors (Lipinski definition) is 0. The van der Waals surface area contributed by atoms with Crippen molar-refractivity contribution >= 4 is 27.8 Å². The van der Waals surface area contributed by atoms with Crippen LogP contribution in [0.1, 0.15) is 38.2 Å². The first-order chi connectivity index (χ1) is 15.5. The van der Waals surface area contributed by atoms with Crippen LogP contribution in [-0.2, 0) is 18.0 Å². The number of benzene rings is 3. The molecule has 0 unspecified atom stereocenters. The van der Waals surface area contributed by atoms with Crippen molar-refractivity contribution in [2.24, 2.45) is 0 Å². The van der Waals surface area contributed by atoms with Crippen LogP contribution in [0.5, 0.6) is 17.2 Å². The highest BCUT2D eigenvalue weighted by molar-refractivity contribution is 9.10. The molecular weight excluding hydrogens is 472 g/mol. The average molecular weight is 493 g/mol. The minimum absolute atomic E-state index is 0.150. The van der Waals surface area contributed by atoms with Crippen LogP contribution in [0.4, 0.5) is 0 Å². The molecule has 0 saturated carbocycles. The molecule has 162 valence electrons. The lowest BCUT2D eigenvalue weighted by Gasteiger charge is -2.20. The standard InChI is InChI=1S/C26H21BrO5/c1-15-3-5-17(6-4-15)12-30-21-7-16(2)24-22(11-21)32-23(25(24)28)10-18-8-20(27)9-19-13-29-14-31-26(18)19/h3-11H,12-14H2,1-2H3/b23-10-. The summed E-state index contributed by atoms with van der Waals surface area (Å²) in [6, 6.07) is 15.7. The van der Waals surface area contributed by atoms with E-state index in [1.54, 1.807) is 12.1 Å². The predicted octanol–water partition coefficient (Wildman–Crippen LogP) is 6.13. The molecule has 0 fully saturated rings. The maximum absolute atomic E-state index is 13.1. The highest BCUT2D eigenvalue weighted by Crippen LogP contribution is 2.39. The molecule has 0 radical (unpaired) electrons. The first-order valence-corrected chi connectivity index (χ1v) is 11.1. The first-order valence-electron chi connectivity index (χ1n) is 10.3. The van der Waals surface area contributed by atoms with Crippen molar-refractivity contribution in [3.63, 3.8) is 0 Å². The van der Waals surface area contributed by atoms with Gasteiger partial charge in [0.25, 0.3) is 0 Å². The lowest BCUT2D eigenvalue weighted by molar-refractivity contribution is -0.0165. The van der Waals surface area contributed by atoms with Gasteiger partial charge in [-0.05, 0) is 49.2 Å². The van der Waals surface area contributed by atoms with E-state index in [-0.39, 0.29) is 18.3 Å². The quantitative estimate of drug-likeness (QED) is 0.410. The van der Waals surface area contributed by atoms with Crippen LogP contribution >= 0.6 is 15.9 Å². The Labute approximate surface area is 194 Å². The molecule has 5 rings (SSSR count). The first kappa shape index (κ1) is 20.8. The number of allylic oxidation sites excluding steroid dienone is 1. The second-order valence-corrected chi connectivity index (χ2v) is 8.84. The molecule has 6 heteroatoms. The number of aryl methyl sites for hydroxylation is 2. The maximum Gasteiger partial charge on any atom is 0.232 e. The third kappa shape index (κ3) is 4.04. The highest BCUT2D eigenvalue weighted by atomic mass is 79.9. The Kier molecular flexibility index (Phi) is 5.49. The van der Waals surface area contributed by atoms with E-state index in [4.69, 9.17) is 18.9 Å². The number of Topliss-reactive ketones (excluding diaryl/α,β-unsaturated/α-hetero) is 1. The second kappa shape index (κ2) is 8.45. The van der Waals surface area contributed by atoms with Crippen LogP contribution in [0.2, 0.25) is 0 Å². The summed E-state index contributed by atoms with van der Waals surface area (Å²) in [5, 5.41) is 0. The third-order valence-corrected chi connectivity index (χ3v) is 5.92. The van der Waals surface area contributed by atoms with Crippen LogP contribution in [0.3, 0.4) is 0 Å². The molecule has 0 aliphatic carbocycles. The summed E-state index contributed by atoms with van der Waals surface area (Å²) in [4.78, 5) is 13.1. The number of hydrogen-bond acceptors (Lipinski definition) is 5. The van der Waals surface area contributed by atoms with Gasteiger partial charge in [-0.3, -0.25) is 4.79 Å². The van der Waals surface area contributed by atoms with Crippen LogP contribution in [0.15, 0.2) is 58.8 Å². The number of rotatable bonds is 4. The van der Waals surface area contributed by atoms with Crippen LogP contribution in [0.25, 0.3) is 6.08 Å². The van der Waals surface area contributed by atoms with Gasteiger partial charge in [-0.25, -0.2) is 0 Å². The Hall–Kier alpha value is -3.09. The smallest absolute Gasteiger partial charge is 0.232 e. The van der Waals surface area contributed by atoms with E-state index in [1.807, 2.05) is 37.3 Å². The Morgan fingerprint density at radius 2 is 1.91 bits per heavy atom. The topological polar surface area (TPSA) is 54.0 Å². The summed E-state index contributed by atoms with van der Waals surface area (Å²) in [5.41, 5.74) is 5.35. The molecule has 0 spiro atoms. The fourth-order valence-electron chi connectivity index (χ4n) is 3.87. The third-order valence-electron chi connectivity index (χ3n) is 5.46. The van der Waals surface area contributed by atoms with Crippen molar-refractivity contribution in [3.8, 4) is 17.2 Å². The zero-order valence-corrected chi connectivity index (χ0v) is 19.3. The molecular formula is C26H21BrO5. The molecule has 0 aromatic heterocycles. The van der Waals surface area contributed by atoms with Gasteiger partial charge in [0.15, 0.2) is 12.6 Å². The summed E-state index contributed by atoms with van der Waals surface area (Å²) in [5.74, 6) is 1.99. The summed E-state index contributed by atoms with van der Waals surface area (Å²) in [7, 11) is 0. The lowest BCUT2D eigenvalue weighted by atomic mass is 10.0. The molecule has 3 aromatic carbocycles. The summed E-state index contributed by atoms with van der Waals surface area (Å²) in [6.07, 6.45) is 1.73. The molecule has 2 aliphatic rings. The fraction of sp³-hybridized carbons (Fsp3) is 0.192. The molecule has 0 bridgehead atoms. The Balaban J connectivity index is 1.42. The van der Waals surface area contributed by atoms with Crippen LogP contribution in [-0.4, -0.2) is 12.6 Å². The Morgan fingerprint density at radius 1 is 1.09 bits per heavy atom. The predicted molar refractivity (Wildman–Crippen MR) is 124 cm³/mol. The number of fused-ring (bicyclic) bond motifs is 2. The number of ketones is 1. The molecule has 0 saturated heterocycles. The Bertz CT molecular complexity index is 1240. The number of halogens is 1. The fourth-order valence-corrected chi connectivity index (χ4v) is 4.39. The molecule has 5 nitrogen and oxygen atoms in total. The van der Waals surface area contributed by atoms with E-state index < -0.39 is 0 Å². The van der Waals surface area contributed by atoms with Crippen molar-refractivity contribution in [3.05, 3.63) is 92.1 Å². The van der Waals surface area contributed by atoms with E-state index >= 15 is 0 Å². The molecule has 0 N–H and O–H groups in total. The van der Waals surface area contributed by atoms with Crippen molar-refractivity contribution < 1.29 is 23.7 Å². The van der Waals surface area contributed by atoms with Gasteiger partial charge < -0.3 is 18.9 Å². The highest BCUT2D eigenvalue weighted by Gasteiger charge is 2.30. The largest absolute Gasteiger partial charge is 0.489 e. The van der Waals surface area contributed by atoms with E-state index in [9.17, 15) is 4.79 Å². The number of carbonyl (C=O) groups excluding carboxylic acids is 1. The number of carbonyl (C=O) groups is 1. The summed E-state index contributed by atoms with van der Waals surface area (Å²) < 4.78 is 23.9. The van der Waals surface area contributed by atoms with Crippen LogP contribution in [0, 0.1) is 13.8 Å². The van der Waals surface area contributed by atoms with Gasteiger partial charge >= 0.3 is 0 Å².